The van der Waals surface area contributed by atoms with Crippen molar-refractivity contribution in [1.29, 1.82) is 0 Å². The Balaban J connectivity index is 1.37. The summed E-state index contributed by atoms with van der Waals surface area (Å²) in [6.45, 7) is 1.01. The van der Waals surface area contributed by atoms with Crippen molar-refractivity contribution in [3.63, 3.8) is 0 Å². The van der Waals surface area contributed by atoms with Crippen molar-refractivity contribution < 1.29 is 4.74 Å². The first-order valence-corrected chi connectivity index (χ1v) is 9.09. The van der Waals surface area contributed by atoms with Crippen LogP contribution in [0.2, 0.25) is 0 Å². The van der Waals surface area contributed by atoms with Crippen molar-refractivity contribution >= 4 is 0 Å². The molecule has 2 nitrogen and oxygen atoms in total. The number of fused-ring (bicyclic) bond motifs is 2. The summed E-state index contributed by atoms with van der Waals surface area (Å²) >= 11 is 0. The molecule has 4 rings (SSSR count). The number of rotatable bonds is 4. The van der Waals surface area contributed by atoms with Gasteiger partial charge >= 0.3 is 0 Å². The van der Waals surface area contributed by atoms with Crippen LogP contribution >= 0.6 is 0 Å². The van der Waals surface area contributed by atoms with Crippen LogP contribution in [0.15, 0.2) is 0 Å². The van der Waals surface area contributed by atoms with Gasteiger partial charge in [0.25, 0.3) is 0 Å². The molecule has 1 saturated heterocycles. The lowest BCUT2D eigenvalue weighted by Gasteiger charge is -2.49. The van der Waals surface area contributed by atoms with Crippen LogP contribution in [-0.4, -0.2) is 25.3 Å². The molecular weight excluding hydrogens is 246 g/mol. The monoisotopic (exact) mass is 277 g/mol. The van der Waals surface area contributed by atoms with Crippen molar-refractivity contribution in [2.45, 2.75) is 75.9 Å². The van der Waals surface area contributed by atoms with Gasteiger partial charge in [-0.25, -0.2) is 0 Å². The van der Waals surface area contributed by atoms with Gasteiger partial charge in [0.1, 0.15) is 0 Å². The summed E-state index contributed by atoms with van der Waals surface area (Å²) in [4.78, 5) is 0. The van der Waals surface area contributed by atoms with Crippen LogP contribution in [0.3, 0.4) is 0 Å². The predicted octanol–water partition coefficient (Wildman–Crippen LogP) is 3.75. The molecule has 5 unspecified atom stereocenters. The van der Waals surface area contributed by atoms with Crippen molar-refractivity contribution in [2.75, 3.05) is 13.7 Å². The molecule has 2 heteroatoms. The molecule has 4 fully saturated rings. The van der Waals surface area contributed by atoms with E-state index in [-0.39, 0.29) is 0 Å². The molecular formula is C18H31NO. The van der Waals surface area contributed by atoms with Crippen molar-refractivity contribution in [3.8, 4) is 0 Å². The van der Waals surface area contributed by atoms with Crippen molar-refractivity contribution in [3.05, 3.63) is 0 Å². The lowest BCUT2D eigenvalue weighted by Crippen LogP contribution is -2.50. The zero-order valence-electron chi connectivity index (χ0n) is 13.1. The van der Waals surface area contributed by atoms with E-state index in [4.69, 9.17) is 4.74 Å². The van der Waals surface area contributed by atoms with Gasteiger partial charge in [0.05, 0.1) is 5.60 Å². The number of ether oxygens (including phenoxy) is 1. The van der Waals surface area contributed by atoms with Gasteiger partial charge < -0.3 is 10.1 Å². The van der Waals surface area contributed by atoms with E-state index in [9.17, 15) is 0 Å². The molecule has 0 aromatic rings. The van der Waals surface area contributed by atoms with Crippen LogP contribution in [-0.2, 0) is 4.74 Å². The Bertz CT molecular complexity index is 351. The number of hydrogen-bond acceptors (Lipinski definition) is 2. The first-order chi connectivity index (χ1) is 9.78. The van der Waals surface area contributed by atoms with Crippen LogP contribution in [0.25, 0.3) is 0 Å². The van der Waals surface area contributed by atoms with E-state index >= 15 is 0 Å². The van der Waals surface area contributed by atoms with E-state index in [0.29, 0.717) is 5.60 Å². The number of hydrogen-bond donors (Lipinski definition) is 1. The van der Waals surface area contributed by atoms with Crippen LogP contribution in [0, 0.1) is 23.7 Å². The maximum atomic E-state index is 6.12. The third-order valence-corrected chi connectivity index (χ3v) is 7.18. The summed E-state index contributed by atoms with van der Waals surface area (Å²) in [7, 11) is 2.20. The number of nitrogens with one attached hydrogen (secondary N) is 1. The molecule has 0 radical (unpaired) electrons. The average molecular weight is 277 g/mol. The zero-order valence-corrected chi connectivity index (χ0v) is 13.1. The van der Waals surface area contributed by atoms with Gasteiger partial charge in [0.2, 0.25) is 0 Å². The van der Waals surface area contributed by atoms with E-state index < -0.39 is 0 Å². The Morgan fingerprint density at radius 2 is 2.10 bits per heavy atom. The highest BCUT2D eigenvalue weighted by Gasteiger charge is 2.46. The van der Waals surface area contributed by atoms with E-state index in [1.54, 1.807) is 6.42 Å². The Kier molecular flexibility index (Phi) is 3.58. The Hall–Kier alpha value is -0.0800. The molecule has 5 atom stereocenters. The minimum atomic E-state index is 0.312. The minimum Gasteiger partial charge on any atom is -0.375 e. The normalized spacial score (nSPS) is 43.6. The topological polar surface area (TPSA) is 21.3 Å². The first-order valence-electron chi connectivity index (χ1n) is 9.09. The summed E-state index contributed by atoms with van der Waals surface area (Å²) in [5.41, 5.74) is 0.312. The molecule has 1 N–H and O–H groups in total. The second kappa shape index (κ2) is 5.28. The van der Waals surface area contributed by atoms with Crippen molar-refractivity contribution in [2.24, 2.45) is 23.7 Å². The Morgan fingerprint density at radius 3 is 2.70 bits per heavy atom. The van der Waals surface area contributed by atoms with Crippen LogP contribution in [0.4, 0.5) is 0 Å². The molecule has 3 aliphatic carbocycles. The van der Waals surface area contributed by atoms with E-state index in [0.717, 1.165) is 36.3 Å². The van der Waals surface area contributed by atoms with E-state index in [1.165, 1.54) is 57.8 Å². The molecule has 3 saturated carbocycles. The summed E-state index contributed by atoms with van der Waals surface area (Å²) in [6, 6.07) is 0.751. The lowest BCUT2D eigenvalue weighted by atomic mass is 9.69. The highest BCUT2D eigenvalue weighted by molar-refractivity contribution is 4.98. The van der Waals surface area contributed by atoms with Crippen LogP contribution in [0.1, 0.15) is 64.2 Å². The summed E-state index contributed by atoms with van der Waals surface area (Å²) in [6.07, 6.45) is 14.3. The third-order valence-electron chi connectivity index (χ3n) is 7.18. The van der Waals surface area contributed by atoms with Gasteiger partial charge in [-0.3, -0.25) is 0 Å². The van der Waals surface area contributed by atoms with Gasteiger partial charge in [0, 0.05) is 12.6 Å². The molecule has 20 heavy (non-hydrogen) atoms. The smallest absolute Gasteiger partial charge is 0.0685 e. The van der Waals surface area contributed by atoms with Gasteiger partial charge in [-0.05, 0) is 88.5 Å². The van der Waals surface area contributed by atoms with Gasteiger partial charge in [-0.2, -0.15) is 0 Å². The highest BCUT2D eigenvalue weighted by Crippen LogP contribution is 2.51. The van der Waals surface area contributed by atoms with Gasteiger partial charge in [0.15, 0.2) is 0 Å². The summed E-state index contributed by atoms with van der Waals surface area (Å²) in [5, 5.41) is 3.69. The second-order valence-corrected chi connectivity index (χ2v) is 8.20. The molecule has 0 aromatic carbocycles. The molecule has 1 spiro atoms. The van der Waals surface area contributed by atoms with Crippen molar-refractivity contribution in [1.82, 2.24) is 5.32 Å². The largest absolute Gasteiger partial charge is 0.375 e. The van der Waals surface area contributed by atoms with Gasteiger partial charge in [-0.15, -0.1) is 0 Å². The lowest BCUT2D eigenvalue weighted by molar-refractivity contribution is -0.147. The van der Waals surface area contributed by atoms with E-state index in [2.05, 4.69) is 12.4 Å². The fourth-order valence-corrected chi connectivity index (χ4v) is 5.87. The van der Waals surface area contributed by atoms with Gasteiger partial charge in [-0.1, -0.05) is 6.42 Å². The minimum absolute atomic E-state index is 0.312. The predicted molar refractivity (Wildman–Crippen MR) is 81.7 cm³/mol. The maximum Gasteiger partial charge on any atom is 0.0685 e. The molecule has 114 valence electrons. The SMILES string of the molecule is CNC(CC1CC2CCC1C2)C1CCOC2(CCC2)C1. The fourth-order valence-electron chi connectivity index (χ4n) is 5.87. The van der Waals surface area contributed by atoms with Crippen LogP contribution < -0.4 is 5.32 Å². The molecule has 4 aliphatic rings. The first kappa shape index (κ1) is 13.6. The second-order valence-electron chi connectivity index (χ2n) is 8.20. The summed E-state index contributed by atoms with van der Waals surface area (Å²) in [5.74, 6) is 4.07. The average Bonchev–Trinajstić information content (AvgIpc) is 3.05. The maximum absolute atomic E-state index is 6.12. The Labute approximate surface area is 124 Å². The molecule has 2 bridgehead atoms. The Morgan fingerprint density at radius 1 is 1.20 bits per heavy atom. The molecule has 1 heterocycles. The standard InChI is InChI=1S/C18H31NO/c1-19-17(11-16-10-13-3-4-14(16)9-13)15-5-8-20-18(12-15)6-2-7-18/h13-17,19H,2-12H2,1H3. The third kappa shape index (κ3) is 2.33. The quantitative estimate of drug-likeness (QED) is 0.845. The molecule has 1 aliphatic heterocycles. The summed E-state index contributed by atoms with van der Waals surface area (Å²) < 4.78 is 6.12. The fraction of sp³-hybridized carbons (Fsp3) is 1.00. The molecule has 0 aromatic heterocycles. The highest BCUT2D eigenvalue weighted by atomic mass is 16.5. The van der Waals surface area contributed by atoms with E-state index in [1.807, 2.05) is 0 Å². The zero-order chi connectivity index (χ0) is 13.6. The van der Waals surface area contributed by atoms with Crippen LogP contribution in [0.5, 0.6) is 0 Å². The molecule has 0 amide bonds.